The molecule has 1 aromatic heterocycles. The van der Waals surface area contributed by atoms with E-state index in [-0.39, 0.29) is 17.3 Å². The molecule has 3 rings (SSSR count). The standard InChI is InChI=1S/C24H26N2O4S/c1-17(2)18-8-12-22(13-9-18)31(28,29)23(20-5-4-14-25-15-20)16-26-24(27)19-6-10-21(30-3)11-7-19/h4-15,17,23H,16H2,1-3H3,(H,26,27). The maximum atomic E-state index is 13.5. The predicted molar refractivity (Wildman–Crippen MR) is 120 cm³/mol. The molecule has 1 unspecified atom stereocenters. The van der Waals surface area contributed by atoms with Gasteiger partial charge in [-0.3, -0.25) is 9.78 Å². The van der Waals surface area contributed by atoms with E-state index >= 15 is 0 Å². The van der Waals surface area contributed by atoms with Crippen LogP contribution in [0.3, 0.4) is 0 Å². The average molecular weight is 439 g/mol. The third kappa shape index (κ3) is 5.30. The summed E-state index contributed by atoms with van der Waals surface area (Å²) in [6.07, 6.45) is 3.10. The van der Waals surface area contributed by atoms with Gasteiger partial charge in [-0.1, -0.05) is 32.0 Å². The molecule has 1 heterocycles. The first-order valence-electron chi connectivity index (χ1n) is 9.99. The number of benzene rings is 2. The highest BCUT2D eigenvalue weighted by Gasteiger charge is 2.30. The number of carbonyl (C=O) groups excluding carboxylic acids is 1. The summed E-state index contributed by atoms with van der Waals surface area (Å²) in [5.41, 5.74) is 2.00. The third-order valence-corrected chi connectivity index (χ3v) is 7.22. The smallest absolute Gasteiger partial charge is 0.251 e. The van der Waals surface area contributed by atoms with E-state index in [2.05, 4.69) is 24.1 Å². The van der Waals surface area contributed by atoms with E-state index in [0.717, 1.165) is 5.56 Å². The van der Waals surface area contributed by atoms with Crippen LogP contribution < -0.4 is 10.1 Å². The van der Waals surface area contributed by atoms with Crippen LogP contribution in [0, 0.1) is 0 Å². The fraction of sp³-hybridized carbons (Fsp3) is 0.250. The lowest BCUT2D eigenvalue weighted by Crippen LogP contribution is -2.32. The molecule has 0 saturated carbocycles. The minimum absolute atomic E-state index is 0.0786. The van der Waals surface area contributed by atoms with Crippen molar-refractivity contribution >= 4 is 15.7 Å². The van der Waals surface area contributed by atoms with Gasteiger partial charge in [0.05, 0.1) is 12.0 Å². The highest BCUT2D eigenvalue weighted by molar-refractivity contribution is 7.91. The zero-order valence-electron chi connectivity index (χ0n) is 17.8. The van der Waals surface area contributed by atoms with Crippen molar-refractivity contribution in [2.45, 2.75) is 29.9 Å². The fourth-order valence-electron chi connectivity index (χ4n) is 3.21. The molecule has 0 bridgehead atoms. The van der Waals surface area contributed by atoms with Gasteiger partial charge in [0.25, 0.3) is 5.91 Å². The van der Waals surface area contributed by atoms with Gasteiger partial charge in [-0.2, -0.15) is 0 Å². The summed E-state index contributed by atoms with van der Waals surface area (Å²) in [5, 5.41) is 1.79. The van der Waals surface area contributed by atoms with Gasteiger partial charge in [-0.15, -0.1) is 0 Å². The minimum atomic E-state index is -3.76. The van der Waals surface area contributed by atoms with Crippen molar-refractivity contribution in [3.63, 3.8) is 0 Å². The number of ether oxygens (including phenoxy) is 1. The van der Waals surface area contributed by atoms with Gasteiger partial charge in [-0.05, 0) is 59.5 Å². The van der Waals surface area contributed by atoms with Gasteiger partial charge in [0.15, 0.2) is 9.84 Å². The first-order chi connectivity index (χ1) is 14.8. The average Bonchev–Trinajstić information content (AvgIpc) is 2.79. The molecule has 0 aliphatic heterocycles. The molecule has 3 aromatic rings. The van der Waals surface area contributed by atoms with E-state index in [1.165, 1.54) is 6.20 Å². The van der Waals surface area contributed by atoms with Crippen LogP contribution in [0.1, 0.15) is 46.5 Å². The monoisotopic (exact) mass is 438 g/mol. The Balaban J connectivity index is 1.86. The molecule has 1 atom stereocenters. The van der Waals surface area contributed by atoms with Crippen LogP contribution in [-0.2, 0) is 9.84 Å². The Kier molecular flexibility index (Phi) is 7.07. The third-order valence-electron chi connectivity index (χ3n) is 5.11. The number of methoxy groups -OCH3 is 1. The second-order valence-electron chi connectivity index (χ2n) is 7.48. The van der Waals surface area contributed by atoms with Gasteiger partial charge in [0.2, 0.25) is 0 Å². The number of nitrogens with zero attached hydrogens (tertiary/aromatic N) is 1. The van der Waals surface area contributed by atoms with Gasteiger partial charge in [0.1, 0.15) is 11.0 Å². The molecule has 1 N–H and O–H groups in total. The fourth-order valence-corrected chi connectivity index (χ4v) is 4.85. The van der Waals surface area contributed by atoms with Crippen LogP contribution in [0.4, 0.5) is 0 Å². The van der Waals surface area contributed by atoms with Gasteiger partial charge < -0.3 is 10.1 Å². The van der Waals surface area contributed by atoms with Gasteiger partial charge in [0, 0.05) is 24.5 Å². The molecular weight excluding hydrogens is 412 g/mol. The van der Waals surface area contributed by atoms with E-state index in [1.807, 2.05) is 12.1 Å². The molecule has 6 nitrogen and oxygen atoms in total. The quantitative estimate of drug-likeness (QED) is 0.571. The Morgan fingerprint density at radius 3 is 2.23 bits per heavy atom. The van der Waals surface area contributed by atoms with Crippen molar-refractivity contribution in [2.75, 3.05) is 13.7 Å². The molecule has 7 heteroatoms. The second-order valence-corrected chi connectivity index (χ2v) is 9.61. The molecule has 2 aromatic carbocycles. The van der Waals surface area contributed by atoms with Crippen LogP contribution in [0.2, 0.25) is 0 Å². The summed E-state index contributed by atoms with van der Waals surface area (Å²) in [6.45, 7) is 4.03. The SMILES string of the molecule is COc1ccc(C(=O)NCC(c2cccnc2)S(=O)(=O)c2ccc(C(C)C)cc2)cc1. The van der Waals surface area contributed by atoms with Gasteiger partial charge in [-0.25, -0.2) is 8.42 Å². The highest BCUT2D eigenvalue weighted by Crippen LogP contribution is 2.29. The summed E-state index contributed by atoms with van der Waals surface area (Å²) in [7, 11) is -2.21. The van der Waals surface area contributed by atoms with Crippen LogP contribution in [0.5, 0.6) is 5.75 Å². The Labute approximate surface area is 183 Å². The normalized spacial score (nSPS) is 12.4. The van der Waals surface area contributed by atoms with Crippen molar-refractivity contribution < 1.29 is 17.9 Å². The molecule has 1 amide bonds. The topological polar surface area (TPSA) is 85.4 Å². The zero-order chi connectivity index (χ0) is 22.4. The van der Waals surface area contributed by atoms with Crippen molar-refractivity contribution in [3.05, 3.63) is 89.7 Å². The van der Waals surface area contributed by atoms with E-state index in [0.29, 0.717) is 22.8 Å². The number of hydrogen-bond donors (Lipinski definition) is 1. The number of pyridine rings is 1. The van der Waals surface area contributed by atoms with Gasteiger partial charge >= 0.3 is 0 Å². The Hall–Kier alpha value is -3.19. The Morgan fingerprint density at radius 2 is 1.68 bits per heavy atom. The van der Waals surface area contributed by atoms with E-state index in [9.17, 15) is 13.2 Å². The van der Waals surface area contributed by atoms with Crippen molar-refractivity contribution in [1.82, 2.24) is 10.3 Å². The van der Waals surface area contributed by atoms with Crippen LogP contribution in [0.25, 0.3) is 0 Å². The van der Waals surface area contributed by atoms with Crippen molar-refractivity contribution in [2.24, 2.45) is 0 Å². The summed E-state index contributed by atoms with van der Waals surface area (Å²) in [6, 6.07) is 16.9. The van der Waals surface area contributed by atoms with Crippen molar-refractivity contribution in [3.8, 4) is 5.75 Å². The molecule has 0 aliphatic rings. The molecular formula is C24H26N2O4S. The number of nitrogens with one attached hydrogen (secondary N) is 1. The number of amides is 1. The number of aromatic nitrogens is 1. The molecule has 0 saturated heterocycles. The predicted octanol–water partition coefficient (Wildman–Crippen LogP) is 4.16. The summed E-state index contributed by atoms with van der Waals surface area (Å²) >= 11 is 0. The number of rotatable bonds is 8. The molecule has 0 spiro atoms. The number of carbonyl (C=O) groups is 1. The minimum Gasteiger partial charge on any atom is -0.497 e. The molecule has 31 heavy (non-hydrogen) atoms. The summed E-state index contributed by atoms with van der Waals surface area (Å²) in [4.78, 5) is 16.9. The lowest BCUT2D eigenvalue weighted by Gasteiger charge is -2.19. The van der Waals surface area contributed by atoms with E-state index in [1.54, 1.807) is 61.8 Å². The first kappa shape index (κ1) is 22.5. The number of sulfone groups is 1. The lowest BCUT2D eigenvalue weighted by molar-refractivity contribution is 0.0953. The first-order valence-corrected chi connectivity index (χ1v) is 11.5. The van der Waals surface area contributed by atoms with Crippen molar-refractivity contribution in [1.29, 1.82) is 0 Å². The van der Waals surface area contributed by atoms with E-state index < -0.39 is 15.1 Å². The van der Waals surface area contributed by atoms with Crippen LogP contribution in [0.15, 0.2) is 78.0 Å². The molecule has 0 aliphatic carbocycles. The van der Waals surface area contributed by atoms with Crippen LogP contribution >= 0.6 is 0 Å². The maximum Gasteiger partial charge on any atom is 0.251 e. The summed E-state index contributed by atoms with van der Waals surface area (Å²) < 4.78 is 32.0. The highest BCUT2D eigenvalue weighted by atomic mass is 32.2. The molecule has 162 valence electrons. The second kappa shape index (κ2) is 9.75. The Morgan fingerprint density at radius 1 is 1.00 bits per heavy atom. The summed E-state index contributed by atoms with van der Waals surface area (Å²) in [5.74, 6) is 0.578. The molecule has 0 fully saturated rings. The molecule has 0 radical (unpaired) electrons. The largest absolute Gasteiger partial charge is 0.497 e. The van der Waals surface area contributed by atoms with Crippen LogP contribution in [-0.4, -0.2) is 33.0 Å². The number of hydrogen-bond acceptors (Lipinski definition) is 5. The zero-order valence-corrected chi connectivity index (χ0v) is 18.6. The maximum absolute atomic E-state index is 13.5. The lowest BCUT2D eigenvalue weighted by atomic mass is 10.0. The van der Waals surface area contributed by atoms with E-state index in [4.69, 9.17) is 4.74 Å². The Bertz CT molecular complexity index is 1110.